The molecule has 0 radical (unpaired) electrons. The van der Waals surface area contributed by atoms with Crippen molar-refractivity contribution >= 4 is 41.1 Å². The van der Waals surface area contributed by atoms with E-state index in [1.165, 1.54) is 12.8 Å². The first-order valence-corrected chi connectivity index (χ1v) is 11.8. The normalized spacial score (nSPS) is 17.2. The highest BCUT2D eigenvalue weighted by molar-refractivity contribution is 6.28. The molecule has 0 spiro atoms. The van der Waals surface area contributed by atoms with Gasteiger partial charge in [0.15, 0.2) is 0 Å². The van der Waals surface area contributed by atoms with E-state index in [9.17, 15) is 4.79 Å². The van der Waals surface area contributed by atoms with Crippen molar-refractivity contribution in [1.29, 1.82) is 0 Å². The second kappa shape index (κ2) is 9.94. The van der Waals surface area contributed by atoms with Crippen molar-refractivity contribution < 1.29 is 9.53 Å². The Morgan fingerprint density at radius 3 is 2.39 bits per heavy atom. The highest BCUT2D eigenvalue weighted by atomic mass is 35.5. The lowest BCUT2D eigenvalue weighted by Crippen LogP contribution is -2.50. The molecule has 1 saturated carbocycles. The summed E-state index contributed by atoms with van der Waals surface area (Å²) in [7, 11) is 0. The van der Waals surface area contributed by atoms with Crippen molar-refractivity contribution in [2.45, 2.75) is 58.1 Å². The summed E-state index contributed by atoms with van der Waals surface area (Å²) < 4.78 is 5.46. The van der Waals surface area contributed by atoms with Crippen molar-refractivity contribution in [3.63, 3.8) is 0 Å². The number of piperazine rings is 1. The number of aromatic nitrogens is 4. The summed E-state index contributed by atoms with van der Waals surface area (Å²) in [6.45, 7) is 8.19. The van der Waals surface area contributed by atoms with E-state index in [-0.39, 0.29) is 11.4 Å². The summed E-state index contributed by atoms with van der Waals surface area (Å²) in [5.74, 6) is 1.70. The standard InChI is InChI=1S/C22H31ClN8O2/c1-22(2,3)33-21(32)31-12-10-30(11-13-31)17-9-8-16(14-24-17)26-20-28-18(23)27-19(29-20)25-15-6-4-5-7-15/h8-9,14-15H,4-7,10-13H2,1-3H3,(H2,25,26,27,28,29). The molecule has 33 heavy (non-hydrogen) atoms. The summed E-state index contributed by atoms with van der Waals surface area (Å²) >= 11 is 6.10. The van der Waals surface area contributed by atoms with Gasteiger partial charge in [-0.3, -0.25) is 0 Å². The number of hydrogen-bond acceptors (Lipinski definition) is 9. The molecule has 10 nitrogen and oxygen atoms in total. The number of nitrogens with one attached hydrogen (secondary N) is 2. The lowest BCUT2D eigenvalue weighted by atomic mass is 10.2. The van der Waals surface area contributed by atoms with Crippen LogP contribution in [0.3, 0.4) is 0 Å². The van der Waals surface area contributed by atoms with Crippen molar-refractivity contribution in [1.82, 2.24) is 24.8 Å². The number of nitrogens with zero attached hydrogens (tertiary/aromatic N) is 6. The Balaban J connectivity index is 1.33. The number of halogens is 1. The summed E-state index contributed by atoms with van der Waals surface area (Å²) in [5, 5.41) is 6.62. The van der Waals surface area contributed by atoms with E-state index in [2.05, 4.69) is 35.5 Å². The molecule has 178 valence electrons. The predicted octanol–water partition coefficient (Wildman–Crippen LogP) is 4.08. The molecule has 1 aliphatic heterocycles. The van der Waals surface area contributed by atoms with Gasteiger partial charge in [-0.05, 0) is 57.3 Å². The van der Waals surface area contributed by atoms with Crippen LogP contribution in [0.1, 0.15) is 46.5 Å². The number of rotatable bonds is 5. The Bertz CT molecular complexity index is 952. The van der Waals surface area contributed by atoms with Gasteiger partial charge in [0.05, 0.1) is 11.9 Å². The molecule has 0 unspecified atom stereocenters. The molecule has 0 aromatic carbocycles. The van der Waals surface area contributed by atoms with E-state index in [1.807, 2.05) is 32.9 Å². The van der Waals surface area contributed by atoms with E-state index in [0.29, 0.717) is 44.1 Å². The van der Waals surface area contributed by atoms with Gasteiger partial charge in [-0.1, -0.05) is 12.8 Å². The summed E-state index contributed by atoms with van der Waals surface area (Å²) in [6.07, 6.45) is 6.13. The van der Waals surface area contributed by atoms with E-state index >= 15 is 0 Å². The minimum absolute atomic E-state index is 0.139. The number of carbonyl (C=O) groups excluding carboxylic acids is 1. The maximum Gasteiger partial charge on any atom is 0.410 e. The van der Waals surface area contributed by atoms with Gasteiger partial charge >= 0.3 is 6.09 Å². The van der Waals surface area contributed by atoms with Gasteiger partial charge in [0.25, 0.3) is 0 Å². The molecule has 1 aliphatic carbocycles. The van der Waals surface area contributed by atoms with Crippen LogP contribution in [0.25, 0.3) is 0 Å². The first-order chi connectivity index (χ1) is 15.7. The minimum Gasteiger partial charge on any atom is -0.444 e. The Labute approximate surface area is 199 Å². The van der Waals surface area contributed by atoms with Crippen LogP contribution in [0.2, 0.25) is 5.28 Å². The zero-order valence-corrected chi connectivity index (χ0v) is 20.1. The van der Waals surface area contributed by atoms with Crippen LogP contribution in [0, 0.1) is 0 Å². The quantitative estimate of drug-likeness (QED) is 0.662. The van der Waals surface area contributed by atoms with Gasteiger partial charge < -0.3 is 25.2 Å². The fourth-order valence-electron chi connectivity index (χ4n) is 3.94. The Morgan fingerprint density at radius 1 is 1.06 bits per heavy atom. The molecule has 11 heteroatoms. The molecule has 0 atom stereocenters. The average molecular weight is 475 g/mol. The Hall–Kier alpha value is -2.88. The third-order valence-corrected chi connectivity index (χ3v) is 5.72. The first-order valence-electron chi connectivity index (χ1n) is 11.4. The largest absolute Gasteiger partial charge is 0.444 e. The van der Waals surface area contributed by atoms with Crippen LogP contribution in [-0.4, -0.2) is 68.8 Å². The first kappa shape index (κ1) is 23.3. The lowest BCUT2D eigenvalue weighted by molar-refractivity contribution is 0.0240. The van der Waals surface area contributed by atoms with Gasteiger partial charge in [0.2, 0.25) is 17.2 Å². The number of pyridine rings is 1. The molecule has 2 aromatic heterocycles. The molecular formula is C22H31ClN8O2. The maximum atomic E-state index is 12.3. The van der Waals surface area contributed by atoms with Crippen LogP contribution in [-0.2, 0) is 4.74 Å². The summed E-state index contributed by atoms with van der Waals surface area (Å²) in [4.78, 5) is 33.5. The lowest BCUT2D eigenvalue weighted by Gasteiger charge is -2.36. The van der Waals surface area contributed by atoms with Gasteiger partial charge in [-0.15, -0.1) is 0 Å². The fraction of sp³-hybridized carbons (Fsp3) is 0.591. The number of anilines is 4. The van der Waals surface area contributed by atoms with Gasteiger partial charge in [-0.25, -0.2) is 9.78 Å². The molecule has 2 aromatic rings. The van der Waals surface area contributed by atoms with Crippen molar-refractivity contribution in [3.8, 4) is 0 Å². The molecule has 1 saturated heterocycles. The third-order valence-electron chi connectivity index (χ3n) is 5.56. The highest BCUT2D eigenvalue weighted by Crippen LogP contribution is 2.23. The van der Waals surface area contributed by atoms with Gasteiger partial charge in [-0.2, -0.15) is 15.0 Å². The topological polar surface area (TPSA) is 108 Å². The molecule has 4 rings (SSSR count). The Morgan fingerprint density at radius 2 is 1.76 bits per heavy atom. The van der Waals surface area contributed by atoms with Crippen LogP contribution in [0.4, 0.5) is 28.2 Å². The number of amides is 1. The minimum atomic E-state index is -0.491. The van der Waals surface area contributed by atoms with E-state index < -0.39 is 5.60 Å². The van der Waals surface area contributed by atoms with Crippen molar-refractivity contribution in [3.05, 3.63) is 23.6 Å². The summed E-state index contributed by atoms with van der Waals surface area (Å²) in [5.41, 5.74) is 0.259. The van der Waals surface area contributed by atoms with Crippen LogP contribution >= 0.6 is 11.6 Å². The molecule has 0 bridgehead atoms. The van der Waals surface area contributed by atoms with Crippen LogP contribution in [0.15, 0.2) is 18.3 Å². The fourth-order valence-corrected chi connectivity index (χ4v) is 4.10. The Kier molecular flexibility index (Phi) is 7.02. The highest BCUT2D eigenvalue weighted by Gasteiger charge is 2.26. The SMILES string of the molecule is CC(C)(C)OC(=O)N1CCN(c2ccc(Nc3nc(Cl)nc(NC4CCCC4)n3)cn2)CC1. The van der Waals surface area contributed by atoms with E-state index in [4.69, 9.17) is 16.3 Å². The summed E-state index contributed by atoms with van der Waals surface area (Å²) in [6, 6.07) is 4.24. The van der Waals surface area contributed by atoms with E-state index in [0.717, 1.165) is 24.3 Å². The van der Waals surface area contributed by atoms with Gasteiger partial charge in [0.1, 0.15) is 11.4 Å². The molecular weight excluding hydrogens is 444 g/mol. The molecule has 2 N–H and O–H groups in total. The number of carbonyl (C=O) groups is 1. The smallest absolute Gasteiger partial charge is 0.410 e. The monoisotopic (exact) mass is 474 g/mol. The molecule has 2 fully saturated rings. The van der Waals surface area contributed by atoms with Crippen LogP contribution < -0.4 is 15.5 Å². The molecule has 2 aliphatic rings. The zero-order valence-electron chi connectivity index (χ0n) is 19.3. The molecule has 3 heterocycles. The van der Waals surface area contributed by atoms with Crippen molar-refractivity contribution in [2.75, 3.05) is 41.7 Å². The average Bonchev–Trinajstić information content (AvgIpc) is 3.26. The van der Waals surface area contributed by atoms with Crippen LogP contribution in [0.5, 0.6) is 0 Å². The number of ether oxygens (including phenoxy) is 1. The second-order valence-electron chi connectivity index (χ2n) is 9.36. The maximum absolute atomic E-state index is 12.3. The molecule has 1 amide bonds. The van der Waals surface area contributed by atoms with Gasteiger partial charge in [0, 0.05) is 32.2 Å². The predicted molar refractivity (Wildman–Crippen MR) is 128 cm³/mol. The third kappa shape index (κ3) is 6.56. The van der Waals surface area contributed by atoms with E-state index in [1.54, 1.807) is 11.1 Å². The number of hydrogen-bond donors (Lipinski definition) is 2. The second-order valence-corrected chi connectivity index (χ2v) is 9.70. The van der Waals surface area contributed by atoms with Crippen molar-refractivity contribution in [2.24, 2.45) is 0 Å². The zero-order chi connectivity index (χ0) is 23.4.